The van der Waals surface area contributed by atoms with Gasteiger partial charge in [0.1, 0.15) is 10.9 Å². The Kier molecular flexibility index (Phi) is 3.19. The van der Waals surface area contributed by atoms with Crippen LogP contribution in [-0.2, 0) is 9.59 Å². The molecule has 0 radical (unpaired) electrons. The summed E-state index contributed by atoms with van der Waals surface area (Å²) in [5.74, 6) is -1.06. The van der Waals surface area contributed by atoms with Crippen LogP contribution in [0.1, 0.15) is 28.2 Å². The summed E-state index contributed by atoms with van der Waals surface area (Å²) < 4.78 is 0. The predicted octanol–water partition coefficient (Wildman–Crippen LogP) is -0.0135. The van der Waals surface area contributed by atoms with Crippen molar-refractivity contribution in [3.63, 3.8) is 0 Å². The van der Waals surface area contributed by atoms with Crippen molar-refractivity contribution in [2.75, 3.05) is 0 Å². The normalized spacial score (nSPS) is 19.9. The maximum atomic E-state index is 11.8. The van der Waals surface area contributed by atoms with E-state index in [1.165, 1.54) is 11.3 Å². The van der Waals surface area contributed by atoms with Gasteiger partial charge in [-0.15, -0.1) is 11.3 Å². The second-order valence-corrected chi connectivity index (χ2v) is 4.60. The van der Waals surface area contributed by atoms with Crippen LogP contribution in [-0.4, -0.2) is 28.7 Å². The molecule has 1 saturated heterocycles. The van der Waals surface area contributed by atoms with Gasteiger partial charge in [0, 0.05) is 6.42 Å². The molecule has 0 saturated carbocycles. The third kappa shape index (κ3) is 2.50. The Labute approximate surface area is 101 Å². The third-order valence-electron chi connectivity index (χ3n) is 2.50. The standard InChI is InChI=1S/C10H11N3O3S/c1-5-8(17-4-11-5)10(16)12-6-2-3-7(14)13-9(6)15/h4,6H,2-3H2,1H3,(H,12,16)(H,13,14,15). The van der Waals surface area contributed by atoms with Crippen molar-refractivity contribution < 1.29 is 14.4 Å². The van der Waals surface area contributed by atoms with Crippen molar-refractivity contribution in [2.24, 2.45) is 0 Å². The summed E-state index contributed by atoms with van der Waals surface area (Å²) in [6.07, 6.45) is 0.590. The number of hydrogen-bond acceptors (Lipinski definition) is 5. The number of rotatable bonds is 2. The number of amides is 3. The molecule has 1 aliphatic heterocycles. The molecule has 1 fully saturated rings. The molecule has 6 nitrogen and oxygen atoms in total. The molecule has 0 spiro atoms. The average Bonchev–Trinajstić information content (AvgIpc) is 2.68. The van der Waals surface area contributed by atoms with E-state index in [2.05, 4.69) is 15.6 Å². The lowest BCUT2D eigenvalue weighted by Gasteiger charge is -2.21. The smallest absolute Gasteiger partial charge is 0.263 e. The van der Waals surface area contributed by atoms with E-state index in [0.717, 1.165) is 0 Å². The molecule has 3 amide bonds. The van der Waals surface area contributed by atoms with Gasteiger partial charge in [0.2, 0.25) is 11.8 Å². The number of thiazole rings is 1. The Morgan fingerprint density at radius 3 is 2.94 bits per heavy atom. The van der Waals surface area contributed by atoms with Gasteiger partial charge in [-0.1, -0.05) is 0 Å². The lowest BCUT2D eigenvalue weighted by Crippen LogP contribution is -2.52. The largest absolute Gasteiger partial charge is 0.339 e. The molecule has 2 heterocycles. The molecule has 1 unspecified atom stereocenters. The van der Waals surface area contributed by atoms with Gasteiger partial charge < -0.3 is 5.32 Å². The number of nitrogens with one attached hydrogen (secondary N) is 2. The molecule has 2 rings (SSSR count). The Morgan fingerprint density at radius 1 is 1.59 bits per heavy atom. The van der Waals surface area contributed by atoms with Gasteiger partial charge in [0.15, 0.2) is 0 Å². The number of imide groups is 1. The second-order valence-electron chi connectivity index (χ2n) is 3.74. The number of aryl methyl sites for hydroxylation is 1. The van der Waals surface area contributed by atoms with Crippen LogP contribution in [0.5, 0.6) is 0 Å². The zero-order chi connectivity index (χ0) is 12.4. The minimum Gasteiger partial charge on any atom is -0.339 e. The Balaban J connectivity index is 2.02. The third-order valence-corrected chi connectivity index (χ3v) is 3.42. The molecule has 90 valence electrons. The minimum absolute atomic E-state index is 0.248. The van der Waals surface area contributed by atoms with Gasteiger partial charge in [0.05, 0.1) is 11.2 Å². The topological polar surface area (TPSA) is 88.2 Å². The SMILES string of the molecule is Cc1ncsc1C(=O)NC1CCC(=O)NC1=O. The van der Waals surface area contributed by atoms with E-state index in [1.54, 1.807) is 12.4 Å². The van der Waals surface area contributed by atoms with Crippen molar-refractivity contribution in [3.8, 4) is 0 Å². The molecule has 1 aromatic heterocycles. The molecule has 2 N–H and O–H groups in total. The fraction of sp³-hybridized carbons (Fsp3) is 0.400. The molecule has 0 aliphatic carbocycles. The Morgan fingerprint density at radius 2 is 2.35 bits per heavy atom. The summed E-state index contributed by atoms with van der Waals surface area (Å²) in [7, 11) is 0. The number of hydrogen-bond donors (Lipinski definition) is 2. The van der Waals surface area contributed by atoms with Gasteiger partial charge in [-0.25, -0.2) is 4.98 Å². The summed E-state index contributed by atoms with van der Waals surface area (Å²) in [6, 6.07) is -0.637. The molecule has 1 aliphatic rings. The van der Waals surface area contributed by atoms with Crippen LogP contribution < -0.4 is 10.6 Å². The van der Waals surface area contributed by atoms with Crippen molar-refractivity contribution in [3.05, 3.63) is 16.1 Å². The molecule has 0 aromatic carbocycles. The van der Waals surface area contributed by atoms with E-state index in [-0.39, 0.29) is 18.2 Å². The van der Waals surface area contributed by atoms with Crippen LogP contribution in [0.15, 0.2) is 5.51 Å². The van der Waals surface area contributed by atoms with Crippen molar-refractivity contribution >= 4 is 29.1 Å². The van der Waals surface area contributed by atoms with Crippen LogP contribution in [0.25, 0.3) is 0 Å². The minimum atomic E-state index is -0.637. The van der Waals surface area contributed by atoms with Gasteiger partial charge in [-0.3, -0.25) is 19.7 Å². The fourth-order valence-electron chi connectivity index (χ4n) is 1.57. The monoisotopic (exact) mass is 253 g/mol. The summed E-state index contributed by atoms with van der Waals surface area (Å²) in [5, 5.41) is 4.79. The van der Waals surface area contributed by atoms with Crippen LogP contribution >= 0.6 is 11.3 Å². The summed E-state index contributed by atoms with van der Waals surface area (Å²) in [4.78, 5) is 38.6. The van der Waals surface area contributed by atoms with E-state index < -0.39 is 11.9 Å². The van der Waals surface area contributed by atoms with Crippen molar-refractivity contribution in [2.45, 2.75) is 25.8 Å². The quantitative estimate of drug-likeness (QED) is 0.725. The second kappa shape index (κ2) is 4.62. The number of carbonyl (C=O) groups excluding carboxylic acids is 3. The number of aromatic nitrogens is 1. The highest BCUT2D eigenvalue weighted by molar-refractivity contribution is 7.11. The summed E-state index contributed by atoms with van der Waals surface area (Å²) in [5.41, 5.74) is 2.22. The van der Waals surface area contributed by atoms with E-state index >= 15 is 0 Å². The highest BCUT2D eigenvalue weighted by Gasteiger charge is 2.28. The molecule has 7 heteroatoms. The number of nitrogens with zero attached hydrogens (tertiary/aromatic N) is 1. The van der Waals surface area contributed by atoms with E-state index in [0.29, 0.717) is 17.0 Å². The first-order valence-corrected chi connectivity index (χ1v) is 6.00. The molecular weight excluding hydrogens is 242 g/mol. The van der Waals surface area contributed by atoms with Gasteiger partial charge in [0.25, 0.3) is 5.91 Å². The lowest BCUT2D eigenvalue weighted by atomic mass is 10.1. The Hall–Kier alpha value is -1.76. The zero-order valence-corrected chi connectivity index (χ0v) is 9.97. The first-order valence-electron chi connectivity index (χ1n) is 5.12. The van der Waals surface area contributed by atoms with Crippen LogP contribution in [0.4, 0.5) is 0 Å². The summed E-state index contributed by atoms with van der Waals surface area (Å²) >= 11 is 1.23. The summed E-state index contributed by atoms with van der Waals surface area (Å²) in [6.45, 7) is 1.73. The number of carbonyl (C=O) groups is 3. The highest BCUT2D eigenvalue weighted by atomic mass is 32.1. The molecule has 0 bridgehead atoms. The molecule has 17 heavy (non-hydrogen) atoms. The van der Waals surface area contributed by atoms with Crippen LogP contribution in [0.2, 0.25) is 0 Å². The van der Waals surface area contributed by atoms with E-state index in [4.69, 9.17) is 0 Å². The Bertz CT molecular complexity index is 483. The first kappa shape index (κ1) is 11.7. The van der Waals surface area contributed by atoms with Crippen LogP contribution in [0.3, 0.4) is 0 Å². The molecule has 1 atom stereocenters. The van der Waals surface area contributed by atoms with E-state index in [9.17, 15) is 14.4 Å². The van der Waals surface area contributed by atoms with Crippen LogP contribution in [0, 0.1) is 6.92 Å². The first-order chi connectivity index (χ1) is 8.08. The highest BCUT2D eigenvalue weighted by Crippen LogP contribution is 2.13. The lowest BCUT2D eigenvalue weighted by molar-refractivity contribution is -0.134. The van der Waals surface area contributed by atoms with Crippen molar-refractivity contribution in [1.82, 2.24) is 15.6 Å². The van der Waals surface area contributed by atoms with Crippen molar-refractivity contribution in [1.29, 1.82) is 0 Å². The van der Waals surface area contributed by atoms with Gasteiger partial charge in [-0.2, -0.15) is 0 Å². The maximum absolute atomic E-state index is 11.8. The van der Waals surface area contributed by atoms with Gasteiger partial charge >= 0.3 is 0 Å². The van der Waals surface area contributed by atoms with Gasteiger partial charge in [-0.05, 0) is 13.3 Å². The molecule has 1 aromatic rings. The molecular formula is C10H11N3O3S. The van der Waals surface area contributed by atoms with E-state index in [1.807, 2.05) is 0 Å². The number of piperidine rings is 1. The maximum Gasteiger partial charge on any atom is 0.263 e. The predicted molar refractivity (Wildman–Crippen MR) is 60.5 cm³/mol. The average molecular weight is 253 g/mol. The fourth-order valence-corrected chi connectivity index (χ4v) is 2.28. The zero-order valence-electron chi connectivity index (χ0n) is 9.15.